The van der Waals surface area contributed by atoms with Crippen molar-refractivity contribution in [2.45, 2.75) is 12.5 Å². The number of amides is 1. The van der Waals surface area contributed by atoms with Crippen molar-refractivity contribution in [1.82, 2.24) is 15.1 Å². The number of rotatable bonds is 9. The molecule has 1 aromatic heterocycles. The molecule has 1 unspecified atom stereocenters. The van der Waals surface area contributed by atoms with Gasteiger partial charge in [0.2, 0.25) is 0 Å². The second kappa shape index (κ2) is 11.9. The van der Waals surface area contributed by atoms with Gasteiger partial charge in [0.1, 0.15) is 17.2 Å². The average Bonchev–Trinajstić information content (AvgIpc) is 3.43. The average molecular weight is 538 g/mol. The van der Waals surface area contributed by atoms with E-state index in [2.05, 4.69) is 17.4 Å². The van der Waals surface area contributed by atoms with E-state index in [4.69, 9.17) is 26.2 Å². The van der Waals surface area contributed by atoms with Gasteiger partial charge in [-0.25, -0.2) is 4.68 Å². The smallest absolute Gasteiger partial charge is 0.270 e. The van der Waals surface area contributed by atoms with Crippen molar-refractivity contribution in [2.24, 2.45) is 0 Å². The molecular weight excluding hydrogens is 510 g/mol. The zero-order valence-electron chi connectivity index (χ0n) is 21.7. The number of hydrogen-bond acceptors (Lipinski definition) is 4. The molecule has 0 radical (unpaired) electrons. The Labute approximate surface area is 232 Å². The molecule has 5 aromatic rings. The Hall–Kier alpha value is -4.55. The minimum atomic E-state index is -0.258. The van der Waals surface area contributed by atoms with Crippen molar-refractivity contribution in [3.05, 3.63) is 131 Å². The number of carbonyl (C=O) groups excluding carboxylic acids is 1. The van der Waals surface area contributed by atoms with Gasteiger partial charge in [-0.3, -0.25) is 4.79 Å². The van der Waals surface area contributed by atoms with Gasteiger partial charge in [0.25, 0.3) is 5.91 Å². The lowest BCUT2D eigenvalue weighted by Gasteiger charge is -2.20. The van der Waals surface area contributed by atoms with E-state index in [-0.39, 0.29) is 11.9 Å². The number of nitrogens with one attached hydrogen (secondary N) is 1. The lowest BCUT2D eigenvalue weighted by Crippen LogP contribution is -2.31. The highest BCUT2D eigenvalue weighted by atomic mass is 35.5. The highest BCUT2D eigenvalue weighted by molar-refractivity contribution is 6.30. The van der Waals surface area contributed by atoms with Crippen LogP contribution in [0.1, 0.15) is 27.7 Å². The standard InChI is InChI=1S/C32H28ClN3O3/c1-38-26-16-17-27(31(20-26)39-2)29-21-30(36(35-29)25-15-9-14-24(33)19-25)32(37)34-28(23-12-7-4-8-13-23)18-22-10-5-3-6-11-22/h3-17,19-21,28H,18H2,1-2H3,(H,34,37). The predicted molar refractivity (Wildman–Crippen MR) is 154 cm³/mol. The SMILES string of the molecule is COc1ccc(-c2cc(C(=O)NC(Cc3ccccc3)c3ccccc3)n(-c3cccc(Cl)c3)n2)c(OC)c1. The molecule has 1 atom stereocenters. The Morgan fingerprint density at radius 3 is 2.31 bits per heavy atom. The molecule has 0 spiro atoms. The molecule has 0 saturated carbocycles. The van der Waals surface area contributed by atoms with E-state index < -0.39 is 0 Å². The van der Waals surface area contributed by atoms with Crippen LogP contribution < -0.4 is 14.8 Å². The van der Waals surface area contributed by atoms with Crippen LogP contribution in [0.15, 0.2) is 109 Å². The molecule has 1 N–H and O–H groups in total. The van der Waals surface area contributed by atoms with Crippen LogP contribution >= 0.6 is 11.6 Å². The normalized spacial score (nSPS) is 11.6. The second-order valence-electron chi connectivity index (χ2n) is 9.00. The first-order valence-corrected chi connectivity index (χ1v) is 12.9. The van der Waals surface area contributed by atoms with Gasteiger partial charge >= 0.3 is 0 Å². The summed E-state index contributed by atoms with van der Waals surface area (Å²) in [6, 6.07) is 34.3. The van der Waals surface area contributed by atoms with Gasteiger partial charge in [0.05, 0.1) is 31.6 Å². The van der Waals surface area contributed by atoms with Gasteiger partial charge in [-0.05, 0) is 53.9 Å². The number of carbonyl (C=O) groups is 1. The number of ether oxygens (including phenoxy) is 2. The quantitative estimate of drug-likeness (QED) is 0.221. The Morgan fingerprint density at radius 2 is 1.62 bits per heavy atom. The lowest BCUT2D eigenvalue weighted by molar-refractivity contribution is 0.0928. The van der Waals surface area contributed by atoms with E-state index in [1.165, 1.54) is 0 Å². The summed E-state index contributed by atoms with van der Waals surface area (Å²) in [5, 5.41) is 8.61. The third kappa shape index (κ3) is 5.97. The van der Waals surface area contributed by atoms with Gasteiger partial charge in [0.15, 0.2) is 0 Å². The Bertz CT molecular complexity index is 1570. The maximum atomic E-state index is 13.9. The summed E-state index contributed by atoms with van der Waals surface area (Å²) < 4.78 is 12.6. The van der Waals surface area contributed by atoms with Crippen molar-refractivity contribution >= 4 is 17.5 Å². The van der Waals surface area contributed by atoms with E-state index in [9.17, 15) is 4.79 Å². The third-order valence-electron chi connectivity index (χ3n) is 6.47. The summed E-state index contributed by atoms with van der Waals surface area (Å²) in [6.45, 7) is 0. The number of methoxy groups -OCH3 is 2. The van der Waals surface area contributed by atoms with Crippen molar-refractivity contribution in [3.63, 3.8) is 0 Å². The first-order valence-electron chi connectivity index (χ1n) is 12.5. The van der Waals surface area contributed by atoms with Gasteiger partial charge in [-0.15, -0.1) is 0 Å². The topological polar surface area (TPSA) is 65.4 Å². The van der Waals surface area contributed by atoms with E-state index in [1.54, 1.807) is 43.2 Å². The molecule has 0 aliphatic rings. The second-order valence-corrected chi connectivity index (χ2v) is 9.44. The van der Waals surface area contributed by atoms with Crippen LogP contribution in [-0.4, -0.2) is 29.9 Å². The fourth-order valence-corrected chi connectivity index (χ4v) is 4.69. The van der Waals surface area contributed by atoms with Crippen molar-refractivity contribution < 1.29 is 14.3 Å². The van der Waals surface area contributed by atoms with Crippen LogP contribution in [0.5, 0.6) is 11.5 Å². The first-order chi connectivity index (χ1) is 19.1. The number of benzene rings is 4. The summed E-state index contributed by atoms with van der Waals surface area (Å²) in [6.07, 6.45) is 0.640. The number of nitrogens with zero attached hydrogens (tertiary/aromatic N) is 2. The lowest BCUT2D eigenvalue weighted by atomic mass is 9.98. The monoisotopic (exact) mass is 537 g/mol. The molecule has 1 heterocycles. The Kier molecular flexibility index (Phi) is 7.94. The molecule has 7 heteroatoms. The minimum Gasteiger partial charge on any atom is -0.497 e. The maximum Gasteiger partial charge on any atom is 0.270 e. The van der Waals surface area contributed by atoms with Crippen molar-refractivity contribution in [3.8, 4) is 28.4 Å². The summed E-state index contributed by atoms with van der Waals surface area (Å²) >= 11 is 6.31. The number of hydrogen-bond donors (Lipinski definition) is 1. The highest BCUT2D eigenvalue weighted by Gasteiger charge is 2.23. The molecule has 0 fully saturated rings. The van der Waals surface area contributed by atoms with Crippen LogP contribution in [0.4, 0.5) is 0 Å². The molecule has 5 rings (SSSR count). The van der Waals surface area contributed by atoms with Crippen molar-refractivity contribution in [2.75, 3.05) is 14.2 Å². The van der Waals surface area contributed by atoms with Gasteiger partial charge in [-0.2, -0.15) is 5.10 Å². The molecule has 4 aromatic carbocycles. The van der Waals surface area contributed by atoms with E-state index in [0.717, 1.165) is 16.7 Å². The zero-order valence-corrected chi connectivity index (χ0v) is 22.4. The van der Waals surface area contributed by atoms with Gasteiger partial charge in [0, 0.05) is 16.7 Å². The largest absolute Gasteiger partial charge is 0.497 e. The highest BCUT2D eigenvalue weighted by Crippen LogP contribution is 2.34. The van der Waals surface area contributed by atoms with Crippen LogP contribution in [0.3, 0.4) is 0 Å². The molecule has 6 nitrogen and oxygen atoms in total. The van der Waals surface area contributed by atoms with Gasteiger partial charge < -0.3 is 14.8 Å². The Balaban J connectivity index is 1.56. The molecule has 0 saturated heterocycles. The fraction of sp³-hybridized carbons (Fsp3) is 0.125. The molecule has 0 bridgehead atoms. The van der Waals surface area contributed by atoms with E-state index in [0.29, 0.717) is 40.0 Å². The Morgan fingerprint density at radius 1 is 0.872 bits per heavy atom. The minimum absolute atomic E-state index is 0.247. The molecule has 196 valence electrons. The van der Waals surface area contributed by atoms with Crippen LogP contribution in [-0.2, 0) is 6.42 Å². The molecule has 1 amide bonds. The van der Waals surface area contributed by atoms with Crippen LogP contribution in [0, 0.1) is 0 Å². The summed E-state index contributed by atoms with van der Waals surface area (Å²) in [5.41, 5.74) is 4.50. The molecule has 0 aliphatic carbocycles. The number of aromatic nitrogens is 2. The molecular formula is C32H28ClN3O3. The first kappa shape index (κ1) is 26.1. The zero-order chi connectivity index (χ0) is 27.2. The van der Waals surface area contributed by atoms with E-state index >= 15 is 0 Å². The van der Waals surface area contributed by atoms with Crippen molar-refractivity contribution in [1.29, 1.82) is 0 Å². The van der Waals surface area contributed by atoms with Crippen LogP contribution in [0.2, 0.25) is 5.02 Å². The summed E-state index contributed by atoms with van der Waals surface area (Å²) in [4.78, 5) is 13.9. The molecule has 0 aliphatic heterocycles. The maximum absolute atomic E-state index is 13.9. The molecule has 39 heavy (non-hydrogen) atoms. The summed E-state index contributed by atoms with van der Waals surface area (Å²) in [5.74, 6) is 0.990. The summed E-state index contributed by atoms with van der Waals surface area (Å²) in [7, 11) is 3.19. The third-order valence-corrected chi connectivity index (χ3v) is 6.70. The van der Waals surface area contributed by atoms with E-state index in [1.807, 2.05) is 72.8 Å². The van der Waals surface area contributed by atoms with Gasteiger partial charge in [-0.1, -0.05) is 78.3 Å². The van der Waals surface area contributed by atoms with Crippen LogP contribution in [0.25, 0.3) is 16.9 Å². The fourth-order valence-electron chi connectivity index (χ4n) is 4.51. The number of halogens is 1. The predicted octanol–water partition coefficient (Wildman–Crippen LogP) is 6.92.